The third-order valence-electron chi connectivity index (χ3n) is 6.36. The third-order valence-corrected chi connectivity index (χ3v) is 6.36. The number of ether oxygens (including phenoxy) is 1. The minimum absolute atomic E-state index is 0.00586. The highest BCUT2D eigenvalue weighted by molar-refractivity contribution is 5.96. The number of aliphatic hydroxyl groups is 1. The van der Waals surface area contributed by atoms with Crippen molar-refractivity contribution in [3.05, 3.63) is 58.4 Å². The van der Waals surface area contributed by atoms with Crippen LogP contribution in [0.4, 0.5) is 5.69 Å². The predicted octanol–water partition coefficient (Wildman–Crippen LogP) is 4.52. The number of methoxy groups -OCH3 is 1. The number of nitrogens with zero attached hydrogens (tertiary/aromatic N) is 3. The van der Waals surface area contributed by atoms with Gasteiger partial charge in [-0.15, -0.1) is 0 Å². The number of imidazole rings is 1. The molecule has 1 N–H and O–H groups in total. The molecular formula is C27H37N3O3. The number of aromatic nitrogens is 2. The summed E-state index contributed by atoms with van der Waals surface area (Å²) in [5.41, 5.74) is 7.39. The van der Waals surface area contributed by atoms with Crippen LogP contribution >= 0.6 is 0 Å². The summed E-state index contributed by atoms with van der Waals surface area (Å²) in [4.78, 5) is 20.7. The number of amides is 1. The number of aryl methyl sites for hydroxylation is 5. The average molecular weight is 452 g/mol. The minimum atomic E-state index is -0.117. The van der Waals surface area contributed by atoms with E-state index >= 15 is 0 Å². The van der Waals surface area contributed by atoms with E-state index in [1.165, 1.54) is 11.1 Å². The second-order valence-corrected chi connectivity index (χ2v) is 8.87. The van der Waals surface area contributed by atoms with Crippen LogP contribution in [0.5, 0.6) is 0 Å². The zero-order chi connectivity index (χ0) is 24.1. The number of para-hydroxylation sites is 1. The van der Waals surface area contributed by atoms with Gasteiger partial charge in [0, 0.05) is 20.1 Å². The van der Waals surface area contributed by atoms with Gasteiger partial charge in [-0.3, -0.25) is 4.79 Å². The highest BCUT2D eigenvalue weighted by atomic mass is 16.5. The number of hydrogen-bond acceptors (Lipinski definition) is 4. The van der Waals surface area contributed by atoms with E-state index in [2.05, 4.69) is 52.0 Å². The standard InChI is InChI=1S/C27H37N3O3/c1-7-22-11-8-10-18(2)27(22)30(21(5)17-33-6)26(32)16-29-24-15-20(4)19(3)14-23(24)28-25(29)12-9-13-31/h8,10-11,14-15,21,31H,7,9,12-13,16-17H2,1-6H3. The van der Waals surface area contributed by atoms with Crippen LogP contribution in [0.1, 0.15) is 48.3 Å². The number of anilines is 1. The van der Waals surface area contributed by atoms with Crippen molar-refractivity contribution in [2.24, 2.45) is 0 Å². The Hall–Kier alpha value is -2.70. The molecule has 6 heteroatoms. The van der Waals surface area contributed by atoms with Crippen molar-refractivity contribution in [3.63, 3.8) is 0 Å². The third kappa shape index (κ3) is 5.28. The van der Waals surface area contributed by atoms with Gasteiger partial charge in [-0.05, 0) is 74.9 Å². The molecule has 0 fully saturated rings. The van der Waals surface area contributed by atoms with Gasteiger partial charge in [0.2, 0.25) is 5.91 Å². The quantitative estimate of drug-likeness (QED) is 0.492. The maximum Gasteiger partial charge on any atom is 0.247 e. The van der Waals surface area contributed by atoms with Crippen molar-refractivity contribution in [2.45, 2.75) is 66.5 Å². The highest BCUT2D eigenvalue weighted by Gasteiger charge is 2.27. The van der Waals surface area contributed by atoms with Gasteiger partial charge in [-0.1, -0.05) is 25.1 Å². The smallest absolute Gasteiger partial charge is 0.247 e. The minimum Gasteiger partial charge on any atom is -0.396 e. The SMILES string of the molecule is CCc1cccc(C)c1N(C(=O)Cn1c(CCCO)nc2cc(C)c(C)cc21)C(C)COC. The van der Waals surface area contributed by atoms with Gasteiger partial charge >= 0.3 is 0 Å². The molecule has 178 valence electrons. The summed E-state index contributed by atoms with van der Waals surface area (Å²) in [5.74, 6) is 0.837. The van der Waals surface area contributed by atoms with Gasteiger partial charge in [-0.2, -0.15) is 0 Å². The summed E-state index contributed by atoms with van der Waals surface area (Å²) in [6.07, 6.45) is 2.07. The molecule has 3 aromatic rings. The Labute approximate surface area is 197 Å². The number of rotatable bonds is 10. The van der Waals surface area contributed by atoms with E-state index in [9.17, 15) is 9.90 Å². The van der Waals surface area contributed by atoms with Crippen molar-refractivity contribution in [1.82, 2.24) is 9.55 Å². The molecule has 0 saturated carbocycles. The first-order valence-electron chi connectivity index (χ1n) is 11.8. The van der Waals surface area contributed by atoms with Crippen LogP contribution in [-0.4, -0.2) is 46.9 Å². The van der Waals surface area contributed by atoms with Crippen molar-refractivity contribution in [3.8, 4) is 0 Å². The molecule has 2 aromatic carbocycles. The Morgan fingerprint density at radius 2 is 1.91 bits per heavy atom. The first kappa shape index (κ1) is 24.9. The van der Waals surface area contributed by atoms with Gasteiger partial charge < -0.3 is 19.3 Å². The molecule has 0 aliphatic rings. The molecule has 3 rings (SSSR count). The lowest BCUT2D eigenvalue weighted by atomic mass is 10.0. The molecule has 1 heterocycles. The average Bonchev–Trinajstić information content (AvgIpc) is 3.10. The molecule has 0 aliphatic carbocycles. The van der Waals surface area contributed by atoms with E-state index in [0.29, 0.717) is 19.4 Å². The number of carbonyl (C=O) groups excluding carboxylic acids is 1. The van der Waals surface area contributed by atoms with E-state index in [1.807, 2.05) is 22.5 Å². The number of carbonyl (C=O) groups is 1. The van der Waals surface area contributed by atoms with E-state index in [1.54, 1.807) is 7.11 Å². The largest absolute Gasteiger partial charge is 0.396 e. The lowest BCUT2D eigenvalue weighted by molar-refractivity contribution is -0.119. The van der Waals surface area contributed by atoms with Crippen molar-refractivity contribution >= 4 is 22.6 Å². The second kappa shape index (κ2) is 10.9. The molecule has 0 bridgehead atoms. The van der Waals surface area contributed by atoms with Gasteiger partial charge in [0.15, 0.2) is 0 Å². The van der Waals surface area contributed by atoms with E-state index < -0.39 is 0 Å². The molecule has 1 unspecified atom stereocenters. The number of hydrogen-bond donors (Lipinski definition) is 1. The summed E-state index contributed by atoms with van der Waals surface area (Å²) in [6.45, 7) is 11.1. The van der Waals surface area contributed by atoms with Crippen LogP contribution in [0.25, 0.3) is 11.0 Å². The Balaban J connectivity index is 2.09. The summed E-state index contributed by atoms with van der Waals surface area (Å²) >= 11 is 0. The number of benzene rings is 2. The molecule has 1 aromatic heterocycles. The molecule has 33 heavy (non-hydrogen) atoms. The van der Waals surface area contributed by atoms with Crippen molar-refractivity contribution in [2.75, 3.05) is 25.2 Å². The zero-order valence-corrected chi connectivity index (χ0v) is 20.8. The summed E-state index contributed by atoms with van der Waals surface area (Å²) in [5, 5.41) is 9.39. The normalized spacial score (nSPS) is 12.3. The number of fused-ring (bicyclic) bond motifs is 1. The maximum atomic E-state index is 13.9. The van der Waals surface area contributed by atoms with Gasteiger partial charge in [0.25, 0.3) is 0 Å². The lowest BCUT2D eigenvalue weighted by Gasteiger charge is -2.32. The van der Waals surface area contributed by atoms with Gasteiger partial charge in [-0.25, -0.2) is 4.98 Å². The molecule has 1 atom stereocenters. The molecule has 0 radical (unpaired) electrons. The Morgan fingerprint density at radius 1 is 1.18 bits per heavy atom. The first-order valence-corrected chi connectivity index (χ1v) is 11.8. The molecule has 0 spiro atoms. The van der Waals surface area contributed by atoms with Crippen LogP contribution in [0, 0.1) is 20.8 Å². The number of aliphatic hydroxyl groups excluding tert-OH is 1. The second-order valence-electron chi connectivity index (χ2n) is 8.87. The van der Waals surface area contributed by atoms with Crippen molar-refractivity contribution < 1.29 is 14.6 Å². The van der Waals surface area contributed by atoms with Crippen LogP contribution in [0.2, 0.25) is 0 Å². The topological polar surface area (TPSA) is 67.6 Å². The van der Waals surface area contributed by atoms with Gasteiger partial charge in [0.1, 0.15) is 12.4 Å². The highest BCUT2D eigenvalue weighted by Crippen LogP contribution is 2.29. The summed E-state index contributed by atoms with van der Waals surface area (Å²) in [7, 11) is 1.67. The fourth-order valence-electron chi connectivity index (χ4n) is 4.50. The van der Waals surface area contributed by atoms with E-state index in [-0.39, 0.29) is 25.1 Å². The van der Waals surface area contributed by atoms with E-state index in [0.717, 1.165) is 40.1 Å². The zero-order valence-electron chi connectivity index (χ0n) is 20.8. The van der Waals surface area contributed by atoms with Crippen molar-refractivity contribution in [1.29, 1.82) is 0 Å². The Morgan fingerprint density at radius 3 is 2.58 bits per heavy atom. The summed E-state index contributed by atoms with van der Waals surface area (Å²) < 4.78 is 7.46. The summed E-state index contributed by atoms with van der Waals surface area (Å²) in [6, 6.07) is 10.3. The van der Waals surface area contributed by atoms with Crippen LogP contribution in [-0.2, 0) is 28.9 Å². The van der Waals surface area contributed by atoms with Crippen LogP contribution < -0.4 is 4.90 Å². The predicted molar refractivity (Wildman–Crippen MR) is 134 cm³/mol. The molecule has 6 nitrogen and oxygen atoms in total. The molecule has 0 saturated heterocycles. The lowest BCUT2D eigenvalue weighted by Crippen LogP contribution is -2.44. The monoisotopic (exact) mass is 451 g/mol. The Bertz CT molecular complexity index is 1120. The van der Waals surface area contributed by atoms with Gasteiger partial charge in [0.05, 0.1) is 29.4 Å². The molecule has 0 aliphatic heterocycles. The van der Waals surface area contributed by atoms with Crippen LogP contribution in [0.3, 0.4) is 0 Å². The fourth-order valence-corrected chi connectivity index (χ4v) is 4.50. The first-order chi connectivity index (χ1) is 15.8. The van der Waals surface area contributed by atoms with E-state index in [4.69, 9.17) is 9.72 Å². The molecule has 1 amide bonds. The van der Waals surface area contributed by atoms with Crippen LogP contribution in [0.15, 0.2) is 30.3 Å². The fraction of sp³-hybridized carbons (Fsp3) is 0.481. The maximum absolute atomic E-state index is 13.9. The Kier molecular flexibility index (Phi) is 8.27. The molecular weight excluding hydrogens is 414 g/mol.